The van der Waals surface area contributed by atoms with Crippen LogP contribution in [0.15, 0.2) is 24.8 Å². The molecular weight excluding hydrogens is 298 g/mol. The van der Waals surface area contributed by atoms with Crippen molar-refractivity contribution in [2.45, 2.75) is 20.3 Å². The molecule has 6 nitrogen and oxygen atoms in total. The van der Waals surface area contributed by atoms with Crippen molar-refractivity contribution in [1.29, 1.82) is 0 Å². The zero-order chi connectivity index (χ0) is 17.6. The lowest BCUT2D eigenvalue weighted by Crippen LogP contribution is -2.38. The van der Waals surface area contributed by atoms with Gasteiger partial charge in [-0.3, -0.25) is 9.59 Å². The third-order valence-electron chi connectivity index (χ3n) is 3.45. The Bertz CT molecular complexity index is 607. The van der Waals surface area contributed by atoms with E-state index in [1.807, 2.05) is 0 Å². The number of hydrogen-bond donors (Lipinski definition) is 2. The van der Waals surface area contributed by atoms with Crippen LogP contribution >= 0.6 is 0 Å². The lowest BCUT2D eigenvalue weighted by Gasteiger charge is -2.20. The summed E-state index contributed by atoms with van der Waals surface area (Å²) < 4.78 is 10.6. The van der Waals surface area contributed by atoms with Crippen LogP contribution < -0.4 is 14.8 Å². The standard InChI is InChI=1S/C17H23NO5/c1-6-7-11-8-12(9-13(22-4)14(11)23-5)15(19)18-10-17(2,3)16(20)21/h6,8-9H,1,7,10H2,2-5H3,(H,18,19)(H,20,21). The molecule has 0 aliphatic heterocycles. The van der Waals surface area contributed by atoms with E-state index in [0.29, 0.717) is 23.5 Å². The number of carboxylic acid groups (broad SMARTS) is 1. The van der Waals surface area contributed by atoms with Crippen molar-refractivity contribution >= 4 is 11.9 Å². The van der Waals surface area contributed by atoms with E-state index in [2.05, 4.69) is 11.9 Å². The fourth-order valence-corrected chi connectivity index (χ4v) is 1.96. The molecule has 0 heterocycles. The number of ether oxygens (including phenoxy) is 2. The van der Waals surface area contributed by atoms with Crippen LogP contribution in [-0.4, -0.2) is 37.7 Å². The highest BCUT2D eigenvalue weighted by Gasteiger charge is 2.28. The average molecular weight is 321 g/mol. The summed E-state index contributed by atoms with van der Waals surface area (Å²) in [6, 6.07) is 3.25. The molecule has 0 radical (unpaired) electrons. The fourth-order valence-electron chi connectivity index (χ4n) is 1.96. The van der Waals surface area contributed by atoms with Crippen molar-refractivity contribution in [2.24, 2.45) is 5.41 Å². The lowest BCUT2D eigenvalue weighted by atomic mass is 9.94. The van der Waals surface area contributed by atoms with Gasteiger partial charge in [0, 0.05) is 17.7 Å². The maximum atomic E-state index is 12.3. The maximum absolute atomic E-state index is 12.3. The van der Waals surface area contributed by atoms with Crippen molar-refractivity contribution in [3.63, 3.8) is 0 Å². The van der Waals surface area contributed by atoms with E-state index in [4.69, 9.17) is 14.6 Å². The SMILES string of the molecule is C=CCc1cc(C(=O)NCC(C)(C)C(=O)O)cc(OC)c1OC. The first-order valence-corrected chi connectivity index (χ1v) is 7.14. The van der Waals surface area contributed by atoms with Gasteiger partial charge in [-0.1, -0.05) is 6.08 Å². The number of benzene rings is 1. The average Bonchev–Trinajstić information content (AvgIpc) is 2.51. The van der Waals surface area contributed by atoms with Gasteiger partial charge in [0.05, 0.1) is 19.6 Å². The predicted molar refractivity (Wildman–Crippen MR) is 87.2 cm³/mol. The van der Waals surface area contributed by atoms with Gasteiger partial charge in [0.1, 0.15) is 0 Å². The van der Waals surface area contributed by atoms with Crippen LogP contribution in [0.1, 0.15) is 29.8 Å². The van der Waals surface area contributed by atoms with Crippen molar-refractivity contribution in [3.05, 3.63) is 35.9 Å². The van der Waals surface area contributed by atoms with Gasteiger partial charge in [0.15, 0.2) is 11.5 Å². The highest BCUT2D eigenvalue weighted by Crippen LogP contribution is 2.33. The Hall–Kier alpha value is -2.50. The highest BCUT2D eigenvalue weighted by molar-refractivity contribution is 5.95. The first kappa shape index (κ1) is 18.5. The topological polar surface area (TPSA) is 84.9 Å². The smallest absolute Gasteiger partial charge is 0.310 e. The van der Waals surface area contributed by atoms with E-state index in [9.17, 15) is 9.59 Å². The molecule has 0 aliphatic carbocycles. The number of allylic oxidation sites excluding steroid dienone is 1. The minimum Gasteiger partial charge on any atom is -0.493 e. The van der Waals surface area contributed by atoms with Crippen molar-refractivity contribution in [2.75, 3.05) is 20.8 Å². The molecule has 1 aromatic carbocycles. The quantitative estimate of drug-likeness (QED) is 0.718. The van der Waals surface area contributed by atoms with Crippen LogP contribution in [0.2, 0.25) is 0 Å². The first-order valence-electron chi connectivity index (χ1n) is 7.14. The van der Waals surface area contributed by atoms with Gasteiger partial charge in [-0.15, -0.1) is 6.58 Å². The van der Waals surface area contributed by atoms with Crippen LogP contribution in [0, 0.1) is 5.41 Å². The molecule has 23 heavy (non-hydrogen) atoms. The van der Waals surface area contributed by atoms with Gasteiger partial charge < -0.3 is 19.9 Å². The molecule has 0 aromatic heterocycles. The van der Waals surface area contributed by atoms with Crippen LogP contribution in [0.5, 0.6) is 11.5 Å². The van der Waals surface area contributed by atoms with E-state index in [1.165, 1.54) is 14.2 Å². The number of amides is 1. The number of nitrogens with one attached hydrogen (secondary N) is 1. The van der Waals surface area contributed by atoms with Gasteiger partial charge in [-0.25, -0.2) is 0 Å². The maximum Gasteiger partial charge on any atom is 0.310 e. The van der Waals surface area contributed by atoms with E-state index < -0.39 is 11.4 Å². The third-order valence-corrected chi connectivity index (χ3v) is 3.45. The van der Waals surface area contributed by atoms with Gasteiger partial charge in [-0.05, 0) is 32.4 Å². The molecule has 6 heteroatoms. The Labute approximate surface area is 136 Å². The second kappa shape index (κ2) is 7.67. The summed E-state index contributed by atoms with van der Waals surface area (Å²) >= 11 is 0. The second-order valence-electron chi connectivity index (χ2n) is 5.74. The Morgan fingerprint density at radius 2 is 1.96 bits per heavy atom. The number of methoxy groups -OCH3 is 2. The fraction of sp³-hybridized carbons (Fsp3) is 0.412. The summed E-state index contributed by atoms with van der Waals surface area (Å²) in [4.78, 5) is 23.4. The van der Waals surface area contributed by atoms with E-state index in [1.54, 1.807) is 32.1 Å². The summed E-state index contributed by atoms with van der Waals surface area (Å²) in [6.07, 6.45) is 2.22. The van der Waals surface area contributed by atoms with Gasteiger partial charge in [-0.2, -0.15) is 0 Å². The van der Waals surface area contributed by atoms with Gasteiger partial charge in [0.2, 0.25) is 0 Å². The summed E-state index contributed by atoms with van der Waals surface area (Å²) in [5.41, 5.74) is 0.0982. The van der Waals surface area contributed by atoms with Crippen molar-refractivity contribution in [3.8, 4) is 11.5 Å². The molecule has 0 atom stereocenters. The Kier molecular flexibility index (Phi) is 6.18. The summed E-state index contributed by atoms with van der Waals surface area (Å²) in [6.45, 7) is 6.81. The van der Waals surface area contributed by atoms with Crippen LogP contribution in [-0.2, 0) is 11.2 Å². The molecule has 0 fully saturated rings. The zero-order valence-corrected chi connectivity index (χ0v) is 13.9. The molecule has 1 rings (SSSR count). The Morgan fingerprint density at radius 1 is 1.30 bits per heavy atom. The van der Waals surface area contributed by atoms with Crippen molar-refractivity contribution in [1.82, 2.24) is 5.32 Å². The lowest BCUT2D eigenvalue weighted by molar-refractivity contribution is -0.146. The molecule has 0 unspecified atom stereocenters. The van der Waals surface area contributed by atoms with Crippen molar-refractivity contribution < 1.29 is 24.2 Å². The highest BCUT2D eigenvalue weighted by atomic mass is 16.5. The second-order valence-corrected chi connectivity index (χ2v) is 5.74. The van der Waals surface area contributed by atoms with Crippen LogP contribution in [0.3, 0.4) is 0 Å². The minimum atomic E-state index is -1.05. The summed E-state index contributed by atoms with van der Waals surface area (Å²) in [5.74, 6) is -0.354. The van der Waals surface area contributed by atoms with E-state index in [-0.39, 0.29) is 12.5 Å². The van der Waals surface area contributed by atoms with Crippen LogP contribution in [0.4, 0.5) is 0 Å². The number of carbonyl (C=O) groups excluding carboxylic acids is 1. The zero-order valence-electron chi connectivity index (χ0n) is 13.9. The number of hydrogen-bond acceptors (Lipinski definition) is 4. The predicted octanol–water partition coefficient (Wildman–Crippen LogP) is 2.27. The molecule has 0 spiro atoms. The van der Waals surface area contributed by atoms with Gasteiger partial charge in [0.25, 0.3) is 5.91 Å². The van der Waals surface area contributed by atoms with Gasteiger partial charge >= 0.3 is 5.97 Å². The van der Waals surface area contributed by atoms with E-state index in [0.717, 1.165) is 5.56 Å². The first-order chi connectivity index (χ1) is 10.8. The minimum absolute atomic E-state index is 0.0201. The molecule has 0 bridgehead atoms. The molecule has 0 aliphatic rings. The molecular formula is C17H23NO5. The molecule has 0 saturated carbocycles. The molecule has 1 amide bonds. The summed E-state index contributed by atoms with van der Waals surface area (Å²) in [7, 11) is 3.02. The number of rotatable bonds is 8. The number of carbonyl (C=O) groups is 2. The number of carboxylic acids is 1. The largest absolute Gasteiger partial charge is 0.493 e. The third kappa shape index (κ3) is 4.48. The van der Waals surface area contributed by atoms with Crippen LogP contribution in [0.25, 0.3) is 0 Å². The molecule has 0 saturated heterocycles. The number of aliphatic carboxylic acids is 1. The molecule has 126 valence electrons. The Morgan fingerprint density at radius 3 is 2.43 bits per heavy atom. The van der Waals surface area contributed by atoms with E-state index >= 15 is 0 Å². The Balaban J connectivity index is 3.07. The normalized spacial score (nSPS) is 10.8. The summed E-state index contributed by atoms with van der Waals surface area (Å²) in [5, 5.41) is 11.7. The molecule has 2 N–H and O–H groups in total. The monoisotopic (exact) mass is 321 g/mol. The molecule has 1 aromatic rings.